The van der Waals surface area contributed by atoms with E-state index in [2.05, 4.69) is 38.1 Å². The van der Waals surface area contributed by atoms with Crippen molar-refractivity contribution in [2.24, 2.45) is 0 Å². The molecule has 106 valence electrons. The standard InChI is InChI=1S/C14H15BrClN3O/c1-3-6-17-13-9(2)14(19-8-18-13)20-12-5-4-10(16)7-11(12)15/h4-5,7-8H,3,6H2,1-2H3,(H,17,18,19). The van der Waals surface area contributed by atoms with Gasteiger partial charge >= 0.3 is 0 Å². The van der Waals surface area contributed by atoms with Crippen molar-refractivity contribution in [2.75, 3.05) is 11.9 Å². The second kappa shape index (κ2) is 6.90. The fourth-order valence-electron chi connectivity index (χ4n) is 1.62. The molecule has 20 heavy (non-hydrogen) atoms. The first-order chi connectivity index (χ1) is 9.61. The molecule has 0 atom stereocenters. The Labute approximate surface area is 131 Å². The van der Waals surface area contributed by atoms with E-state index in [1.54, 1.807) is 18.2 Å². The number of aromatic nitrogens is 2. The highest BCUT2D eigenvalue weighted by Crippen LogP contribution is 2.33. The van der Waals surface area contributed by atoms with Crippen LogP contribution in [-0.2, 0) is 0 Å². The Hall–Kier alpha value is -1.33. The van der Waals surface area contributed by atoms with E-state index in [0.29, 0.717) is 16.7 Å². The van der Waals surface area contributed by atoms with Gasteiger partial charge in [-0.2, -0.15) is 0 Å². The maximum absolute atomic E-state index is 5.91. The van der Waals surface area contributed by atoms with Gasteiger partial charge in [0.25, 0.3) is 0 Å². The molecule has 0 unspecified atom stereocenters. The molecule has 0 saturated heterocycles. The normalized spacial score (nSPS) is 10.4. The molecule has 0 amide bonds. The van der Waals surface area contributed by atoms with Crippen LogP contribution >= 0.6 is 27.5 Å². The van der Waals surface area contributed by atoms with Crippen molar-refractivity contribution < 1.29 is 4.74 Å². The van der Waals surface area contributed by atoms with Crippen molar-refractivity contribution in [3.63, 3.8) is 0 Å². The summed E-state index contributed by atoms with van der Waals surface area (Å²) in [5.41, 5.74) is 0.878. The molecule has 0 aliphatic carbocycles. The van der Waals surface area contributed by atoms with Crippen LogP contribution in [0.15, 0.2) is 29.0 Å². The summed E-state index contributed by atoms with van der Waals surface area (Å²) in [4.78, 5) is 8.40. The molecule has 0 fully saturated rings. The number of ether oxygens (including phenoxy) is 1. The quantitative estimate of drug-likeness (QED) is 0.834. The molecule has 0 aliphatic rings. The Balaban J connectivity index is 2.24. The molecule has 6 heteroatoms. The zero-order valence-corrected chi connectivity index (χ0v) is 13.6. The Kier molecular flexibility index (Phi) is 5.20. The number of anilines is 1. The first-order valence-electron chi connectivity index (χ1n) is 6.30. The van der Waals surface area contributed by atoms with Crippen LogP contribution in [0.3, 0.4) is 0 Å². The molecule has 1 heterocycles. The summed E-state index contributed by atoms with van der Waals surface area (Å²) >= 11 is 9.33. The van der Waals surface area contributed by atoms with Crippen molar-refractivity contribution in [3.8, 4) is 11.6 Å². The molecule has 0 bridgehead atoms. The highest BCUT2D eigenvalue weighted by molar-refractivity contribution is 9.10. The molecule has 4 nitrogen and oxygen atoms in total. The van der Waals surface area contributed by atoms with Gasteiger partial charge in [-0.05, 0) is 47.5 Å². The van der Waals surface area contributed by atoms with E-state index in [1.807, 2.05) is 6.92 Å². The summed E-state index contributed by atoms with van der Waals surface area (Å²) in [5.74, 6) is 1.99. The summed E-state index contributed by atoms with van der Waals surface area (Å²) in [5, 5.41) is 3.90. The second-order valence-corrected chi connectivity index (χ2v) is 5.55. The molecule has 0 aliphatic heterocycles. The fourth-order valence-corrected chi connectivity index (χ4v) is 2.38. The number of halogens is 2. The topological polar surface area (TPSA) is 47.0 Å². The molecule has 0 saturated carbocycles. The second-order valence-electron chi connectivity index (χ2n) is 4.26. The SMILES string of the molecule is CCCNc1ncnc(Oc2ccc(Cl)cc2Br)c1C. The van der Waals surface area contributed by atoms with Crippen LogP contribution in [0.1, 0.15) is 18.9 Å². The zero-order chi connectivity index (χ0) is 14.5. The van der Waals surface area contributed by atoms with Gasteiger partial charge in [-0.3, -0.25) is 0 Å². The fraction of sp³-hybridized carbons (Fsp3) is 0.286. The summed E-state index contributed by atoms with van der Waals surface area (Å²) in [6.45, 7) is 4.89. The predicted molar refractivity (Wildman–Crippen MR) is 84.8 cm³/mol. The molecule has 2 aromatic rings. The third kappa shape index (κ3) is 3.61. The lowest BCUT2D eigenvalue weighted by Gasteiger charge is -2.12. The Morgan fingerprint density at radius 1 is 1.35 bits per heavy atom. The van der Waals surface area contributed by atoms with E-state index in [4.69, 9.17) is 16.3 Å². The lowest BCUT2D eigenvalue weighted by molar-refractivity contribution is 0.455. The van der Waals surface area contributed by atoms with Crippen molar-refractivity contribution in [1.82, 2.24) is 9.97 Å². The van der Waals surface area contributed by atoms with Crippen LogP contribution in [0, 0.1) is 6.92 Å². The van der Waals surface area contributed by atoms with Crippen LogP contribution < -0.4 is 10.1 Å². The van der Waals surface area contributed by atoms with Gasteiger partial charge in [0.1, 0.15) is 17.9 Å². The third-order valence-corrected chi connectivity index (χ3v) is 3.54. The van der Waals surface area contributed by atoms with Crippen molar-refractivity contribution in [2.45, 2.75) is 20.3 Å². The Morgan fingerprint density at radius 2 is 2.15 bits per heavy atom. The van der Waals surface area contributed by atoms with Gasteiger partial charge in [-0.25, -0.2) is 9.97 Å². The molecular weight excluding hydrogens is 342 g/mol. The van der Waals surface area contributed by atoms with Crippen LogP contribution in [-0.4, -0.2) is 16.5 Å². The van der Waals surface area contributed by atoms with Gasteiger partial charge in [0.2, 0.25) is 5.88 Å². The maximum atomic E-state index is 5.91. The molecular formula is C14H15BrClN3O. The third-order valence-electron chi connectivity index (χ3n) is 2.68. The summed E-state index contributed by atoms with van der Waals surface area (Å²) in [7, 11) is 0. The van der Waals surface area contributed by atoms with Gasteiger partial charge in [-0.1, -0.05) is 18.5 Å². The van der Waals surface area contributed by atoms with Crippen LogP contribution in [0.25, 0.3) is 0 Å². The summed E-state index contributed by atoms with van der Waals surface area (Å²) in [6, 6.07) is 5.35. The molecule has 1 aromatic carbocycles. The summed E-state index contributed by atoms with van der Waals surface area (Å²) in [6.07, 6.45) is 2.52. The average Bonchev–Trinajstić information content (AvgIpc) is 2.42. The Bertz CT molecular complexity index is 607. The van der Waals surface area contributed by atoms with E-state index >= 15 is 0 Å². The molecule has 1 N–H and O–H groups in total. The maximum Gasteiger partial charge on any atom is 0.227 e. The summed E-state index contributed by atoms with van der Waals surface area (Å²) < 4.78 is 6.60. The van der Waals surface area contributed by atoms with E-state index in [-0.39, 0.29) is 0 Å². The van der Waals surface area contributed by atoms with E-state index < -0.39 is 0 Å². The average molecular weight is 357 g/mol. The number of rotatable bonds is 5. The number of nitrogens with zero attached hydrogens (tertiary/aromatic N) is 2. The Morgan fingerprint density at radius 3 is 2.85 bits per heavy atom. The van der Waals surface area contributed by atoms with Crippen molar-refractivity contribution in [3.05, 3.63) is 39.6 Å². The first kappa shape index (κ1) is 15.1. The zero-order valence-electron chi connectivity index (χ0n) is 11.3. The molecule has 0 radical (unpaired) electrons. The van der Waals surface area contributed by atoms with E-state index in [1.165, 1.54) is 6.33 Å². The van der Waals surface area contributed by atoms with Gasteiger partial charge in [0, 0.05) is 11.6 Å². The van der Waals surface area contributed by atoms with Crippen LogP contribution in [0.5, 0.6) is 11.6 Å². The van der Waals surface area contributed by atoms with Gasteiger partial charge in [0.15, 0.2) is 0 Å². The van der Waals surface area contributed by atoms with E-state index in [0.717, 1.165) is 28.8 Å². The minimum Gasteiger partial charge on any atom is -0.437 e. The van der Waals surface area contributed by atoms with Gasteiger partial charge < -0.3 is 10.1 Å². The molecule has 1 aromatic heterocycles. The molecule has 0 spiro atoms. The molecule has 2 rings (SSSR count). The van der Waals surface area contributed by atoms with E-state index in [9.17, 15) is 0 Å². The lowest BCUT2D eigenvalue weighted by atomic mass is 10.3. The van der Waals surface area contributed by atoms with Gasteiger partial charge in [0.05, 0.1) is 10.0 Å². The van der Waals surface area contributed by atoms with Crippen LogP contribution in [0.4, 0.5) is 5.82 Å². The van der Waals surface area contributed by atoms with Gasteiger partial charge in [-0.15, -0.1) is 0 Å². The monoisotopic (exact) mass is 355 g/mol. The number of nitrogens with one attached hydrogen (secondary N) is 1. The highest BCUT2D eigenvalue weighted by Gasteiger charge is 2.10. The lowest BCUT2D eigenvalue weighted by Crippen LogP contribution is -2.05. The van der Waals surface area contributed by atoms with Crippen molar-refractivity contribution >= 4 is 33.3 Å². The first-order valence-corrected chi connectivity index (χ1v) is 7.47. The van der Waals surface area contributed by atoms with Crippen molar-refractivity contribution in [1.29, 1.82) is 0 Å². The largest absolute Gasteiger partial charge is 0.437 e. The highest BCUT2D eigenvalue weighted by atomic mass is 79.9. The predicted octanol–water partition coefficient (Wildman–Crippen LogP) is 4.82. The smallest absolute Gasteiger partial charge is 0.227 e. The number of hydrogen-bond donors (Lipinski definition) is 1. The number of hydrogen-bond acceptors (Lipinski definition) is 4. The van der Waals surface area contributed by atoms with Crippen LogP contribution in [0.2, 0.25) is 5.02 Å². The number of benzene rings is 1. The minimum atomic E-state index is 0.529. The minimum absolute atomic E-state index is 0.529.